The molecule has 1 aliphatic rings. The summed E-state index contributed by atoms with van der Waals surface area (Å²) in [5, 5.41) is 2.71. The van der Waals surface area contributed by atoms with Gasteiger partial charge in [-0.1, -0.05) is 19.3 Å². The fourth-order valence-corrected chi connectivity index (χ4v) is 2.81. The lowest BCUT2D eigenvalue weighted by atomic mass is 9.80. The van der Waals surface area contributed by atoms with Crippen molar-refractivity contribution in [2.75, 3.05) is 11.9 Å². The van der Waals surface area contributed by atoms with E-state index in [0.29, 0.717) is 12.3 Å². The molecule has 2 rings (SSSR count). The van der Waals surface area contributed by atoms with Crippen LogP contribution in [-0.4, -0.2) is 18.1 Å². The fraction of sp³-hybridized carbons (Fsp3) is 0.562. The van der Waals surface area contributed by atoms with Gasteiger partial charge in [-0.05, 0) is 31.9 Å². The van der Waals surface area contributed by atoms with Gasteiger partial charge in [0, 0.05) is 23.7 Å². The maximum atomic E-state index is 13.7. The number of carbonyl (C=O) groups is 1. The number of ether oxygens (including phenoxy) is 1. The molecule has 0 bridgehead atoms. The maximum absolute atomic E-state index is 13.7. The molecular formula is C16H23FN2O2. The molecule has 4 nitrogen and oxygen atoms in total. The Balaban J connectivity index is 1.94. The number of benzene rings is 1. The van der Waals surface area contributed by atoms with Gasteiger partial charge >= 0.3 is 0 Å². The molecule has 0 spiro atoms. The molecule has 1 aromatic carbocycles. The van der Waals surface area contributed by atoms with E-state index in [2.05, 4.69) is 5.32 Å². The Kier molecular flexibility index (Phi) is 5.17. The third-order valence-corrected chi connectivity index (χ3v) is 3.88. The molecule has 0 atom stereocenters. The van der Waals surface area contributed by atoms with E-state index in [9.17, 15) is 9.18 Å². The van der Waals surface area contributed by atoms with Gasteiger partial charge in [0.1, 0.15) is 0 Å². The Bertz CT molecular complexity index is 499. The van der Waals surface area contributed by atoms with Crippen molar-refractivity contribution in [1.29, 1.82) is 0 Å². The van der Waals surface area contributed by atoms with E-state index in [1.165, 1.54) is 18.6 Å². The molecule has 116 valence electrons. The van der Waals surface area contributed by atoms with Crippen LogP contribution >= 0.6 is 0 Å². The molecule has 0 radical (unpaired) electrons. The highest BCUT2D eigenvalue weighted by atomic mass is 19.1. The predicted octanol–water partition coefficient (Wildman–Crippen LogP) is 3.21. The Labute approximate surface area is 124 Å². The predicted molar refractivity (Wildman–Crippen MR) is 80.8 cm³/mol. The van der Waals surface area contributed by atoms with Gasteiger partial charge in [0.2, 0.25) is 5.91 Å². The van der Waals surface area contributed by atoms with Crippen LogP contribution in [-0.2, 0) is 4.79 Å². The van der Waals surface area contributed by atoms with E-state index in [0.717, 1.165) is 25.7 Å². The fourth-order valence-electron chi connectivity index (χ4n) is 2.81. The molecule has 1 saturated carbocycles. The van der Waals surface area contributed by atoms with Crippen molar-refractivity contribution in [2.24, 2.45) is 5.73 Å². The molecule has 0 aliphatic heterocycles. The average Bonchev–Trinajstić information content (AvgIpc) is 2.42. The summed E-state index contributed by atoms with van der Waals surface area (Å²) in [7, 11) is 0. The van der Waals surface area contributed by atoms with Gasteiger partial charge in [-0.15, -0.1) is 0 Å². The largest absolute Gasteiger partial charge is 0.491 e. The van der Waals surface area contributed by atoms with Gasteiger partial charge < -0.3 is 15.8 Å². The first-order chi connectivity index (χ1) is 10.0. The zero-order valence-corrected chi connectivity index (χ0v) is 12.5. The lowest BCUT2D eigenvalue weighted by molar-refractivity contribution is -0.117. The molecule has 0 aromatic heterocycles. The van der Waals surface area contributed by atoms with Crippen molar-refractivity contribution in [2.45, 2.75) is 51.0 Å². The van der Waals surface area contributed by atoms with Crippen LogP contribution in [0.3, 0.4) is 0 Å². The number of anilines is 1. The van der Waals surface area contributed by atoms with Crippen LogP contribution in [0.4, 0.5) is 10.1 Å². The minimum absolute atomic E-state index is 0.164. The molecule has 0 saturated heterocycles. The Morgan fingerprint density at radius 1 is 1.38 bits per heavy atom. The van der Waals surface area contributed by atoms with Gasteiger partial charge in [0.15, 0.2) is 11.6 Å². The van der Waals surface area contributed by atoms with Crippen molar-refractivity contribution in [3.8, 4) is 5.75 Å². The third-order valence-electron chi connectivity index (χ3n) is 3.88. The Morgan fingerprint density at radius 2 is 2.10 bits per heavy atom. The lowest BCUT2D eigenvalue weighted by Crippen LogP contribution is -2.44. The number of halogens is 1. The Hall–Kier alpha value is -1.62. The molecule has 0 unspecified atom stereocenters. The van der Waals surface area contributed by atoms with Gasteiger partial charge in [0.05, 0.1) is 6.61 Å². The van der Waals surface area contributed by atoms with Gasteiger partial charge in [-0.25, -0.2) is 4.39 Å². The molecule has 1 fully saturated rings. The van der Waals surface area contributed by atoms with Gasteiger partial charge in [0.25, 0.3) is 0 Å². The van der Waals surface area contributed by atoms with Crippen molar-refractivity contribution in [3.63, 3.8) is 0 Å². The molecule has 1 amide bonds. The zero-order chi connectivity index (χ0) is 15.3. The van der Waals surface area contributed by atoms with Crippen molar-refractivity contribution < 1.29 is 13.9 Å². The highest BCUT2D eigenvalue weighted by Gasteiger charge is 2.30. The highest BCUT2D eigenvalue weighted by molar-refractivity contribution is 5.91. The SMILES string of the molecule is CCOc1ccc(NC(=O)CC2(N)CCCCC2)cc1F. The number of nitrogens with one attached hydrogen (secondary N) is 1. The topological polar surface area (TPSA) is 64.3 Å². The minimum atomic E-state index is -0.477. The van der Waals surface area contributed by atoms with Crippen LogP contribution in [0.15, 0.2) is 18.2 Å². The average molecular weight is 294 g/mol. The summed E-state index contributed by atoms with van der Waals surface area (Å²) in [4.78, 5) is 12.1. The maximum Gasteiger partial charge on any atom is 0.226 e. The van der Waals surface area contributed by atoms with Gasteiger partial charge in [-0.3, -0.25) is 4.79 Å². The summed E-state index contributed by atoms with van der Waals surface area (Å²) in [6, 6.07) is 4.43. The lowest BCUT2D eigenvalue weighted by Gasteiger charge is -2.32. The molecule has 5 heteroatoms. The summed E-state index contributed by atoms with van der Waals surface area (Å²) < 4.78 is 18.8. The number of hydrogen-bond acceptors (Lipinski definition) is 3. The monoisotopic (exact) mass is 294 g/mol. The van der Waals surface area contributed by atoms with Crippen molar-refractivity contribution in [3.05, 3.63) is 24.0 Å². The molecule has 1 aliphatic carbocycles. The molecule has 3 N–H and O–H groups in total. The van der Waals surface area contributed by atoms with Crippen LogP contribution in [0.1, 0.15) is 45.4 Å². The number of nitrogens with two attached hydrogens (primary N) is 1. The van der Waals surface area contributed by atoms with Crippen LogP contribution in [0, 0.1) is 5.82 Å². The standard InChI is InChI=1S/C16H23FN2O2/c1-2-21-14-7-6-12(10-13(14)17)19-15(20)11-16(18)8-4-3-5-9-16/h6-7,10H,2-5,8-9,11,18H2,1H3,(H,19,20). The molecule has 1 aromatic rings. The van der Waals surface area contributed by atoms with Crippen LogP contribution in [0.25, 0.3) is 0 Å². The summed E-state index contributed by atoms with van der Waals surface area (Å²) >= 11 is 0. The second-order valence-corrected chi connectivity index (χ2v) is 5.73. The second-order valence-electron chi connectivity index (χ2n) is 5.73. The first-order valence-electron chi connectivity index (χ1n) is 7.53. The highest BCUT2D eigenvalue weighted by Crippen LogP contribution is 2.29. The first-order valence-corrected chi connectivity index (χ1v) is 7.53. The first kappa shape index (κ1) is 15.8. The van der Waals surface area contributed by atoms with E-state index < -0.39 is 11.4 Å². The summed E-state index contributed by atoms with van der Waals surface area (Å²) in [6.07, 6.45) is 5.35. The number of rotatable bonds is 5. The summed E-state index contributed by atoms with van der Waals surface area (Å²) in [5.74, 6) is -0.448. The van der Waals surface area contributed by atoms with E-state index in [-0.39, 0.29) is 18.1 Å². The number of amides is 1. The van der Waals surface area contributed by atoms with Gasteiger partial charge in [-0.2, -0.15) is 0 Å². The normalized spacial score (nSPS) is 17.3. The van der Waals surface area contributed by atoms with E-state index in [1.807, 2.05) is 0 Å². The van der Waals surface area contributed by atoms with Crippen LogP contribution < -0.4 is 15.8 Å². The van der Waals surface area contributed by atoms with Crippen LogP contribution in [0.2, 0.25) is 0 Å². The van der Waals surface area contributed by atoms with Crippen molar-refractivity contribution >= 4 is 11.6 Å². The third kappa shape index (κ3) is 4.43. The zero-order valence-electron chi connectivity index (χ0n) is 12.5. The van der Waals surface area contributed by atoms with E-state index >= 15 is 0 Å². The smallest absolute Gasteiger partial charge is 0.226 e. The quantitative estimate of drug-likeness (QED) is 0.876. The summed E-state index contributed by atoms with van der Waals surface area (Å²) in [5.41, 5.74) is 6.27. The molecule has 21 heavy (non-hydrogen) atoms. The summed E-state index contributed by atoms with van der Waals surface area (Å²) in [6.45, 7) is 2.19. The second kappa shape index (κ2) is 6.89. The van der Waals surface area contributed by atoms with E-state index in [1.54, 1.807) is 13.0 Å². The minimum Gasteiger partial charge on any atom is -0.491 e. The van der Waals surface area contributed by atoms with Crippen molar-refractivity contribution in [1.82, 2.24) is 0 Å². The van der Waals surface area contributed by atoms with E-state index in [4.69, 9.17) is 10.5 Å². The Morgan fingerprint density at radius 3 is 2.71 bits per heavy atom. The number of hydrogen-bond donors (Lipinski definition) is 2. The molecule has 0 heterocycles. The molecular weight excluding hydrogens is 271 g/mol. The number of carbonyl (C=O) groups excluding carboxylic acids is 1. The van der Waals surface area contributed by atoms with Crippen LogP contribution in [0.5, 0.6) is 5.75 Å².